The van der Waals surface area contributed by atoms with Crippen molar-refractivity contribution in [2.24, 2.45) is 0 Å². The Morgan fingerprint density at radius 2 is 1.81 bits per heavy atom. The number of aliphatic carboxylic acids is 1. The highest BCUT2D eigenvalue weighted by atomic mass is 32.2. The summed E-state index contributed by atoms with van der Waals surface area (Å²) < 4.78 is 26.9. The van der Waals surface area contributed by atoms with E-state index in [1.807, 2.05) is 30.5 Å². The smallest absolute Gasteiger partial charge is 0.337 e. The molecular formula is C18H19NO4S3. The topological polar surface area (TPSA) is 74.7 Å². The lowest BCUT2D eigenvalue weighted by molar-refractivity contribution is -0.130. The van der Waals surface area contributed by atoms with E-state index >= 15 is 0 Å². The van der Waals surface area contributed by atoms with Crippen LogP contribution in [0.25, 0.3) is 11.6 Å². The number of carbonyl (C=O) groups is 1. The molecule has 0 saturated carbocycles. The molecule has 5 nitrogen and oxygen atoms in total. The molecule has 1 N–H and O–H groups in total. The first kappa shape index (κ1) is 19.2. The summed E-state index contributed by atoms with van der Waals surface area (Å²) in [5.41, 5.74) is 0.854. The fourth-order valence-corrected chi connectivity index (χ4v) is 6.16. The van der Waals surface area contributed by atoms with E-state index in [2.05, 4.69) is 0 Å². The second-order valence-corrected chi connectivity index (χ2v) is 9.99. The second kappa shape index (κ2) is 7.96. The number of hydrogen-bond donors (Lipinski definition) is 1. The van der Waals surface area contributed by atoms with Crippen LogP contribution in [0, 0.1) is 0 Å². The Balaban J connectivity index is 1.93. The van der Waals surface area contributed by atoms with Gasteiger partial charge in [-0.25, -0.2) is 13.2 Å². The number of benzene rings is 1. The third kappa shape index (κ3) is 4.03. The lowest BCUT2D eigenvalue weighted by Gasteiger charge is -2.13. The Morgan fingerprint density at radius 1 is 1.15 bits per heavy atom. The highest BCUT2D eigenvalue weighted by molar-refractivity contribution is 7.98. The van der Waals surface area contributed by atoms with Crippen LogP contribution in [0.2, 0.25) is 0 Å². The maximum absolute atomic E-state index is 12.6. The Bertz CT molecular complexity index is 924. The van der Waals surface area contributed by atoms with Crippen molar-refractivity contribution in [3.8, 4) is 0 Å². The van der Waals surface area contributed by atoms with E-state index < -0.39 is 16.0 Å². The average Bonchev–Trinajstić information content (AvgIpc) is 3.32. The predicted molar refractivity (Wildman–Crippen MR) is 106 cm³/mol. The maximum Gasteiger partial charge on any atom is 0.337 e. The van der Waals surface area contributed by atoms with Crippen molar-refractivity contribution < 1.29 is 18.3 Å². The Morgan fingerprint density at radius 3 is 2.38 bits per heavy atom. The van der Waals surface area contributed by atoms with E-state index in [-0.39, 0.29) is 9.78 Å². The predicted octanol–water partition coefficient (Wildman–Crippen LogP) is 3.88. The van der Waals surface area contributed by atoms with Gasteiger partial charge in [-0.2, -0.15) is 4.31 Å². The van der Waals surface area contributed by atoms with Gasteiger partial charge in [0, 0.05) is 22.9 Å². The molecule has 0 aliphatic carbocycles. The van der Waals surface area contributed by atoms with Crippen molar-refractivity contribution in [2.75, 3.05) is 19.3 Å². The third-order valence-corrected chi connectivity index (χ3v) is 8.39. The molecular weight excluding hydrogens is 390 g/mol. The van der Waals surface area contributed by atoms with Crippen LogP contribution in [0.15, 0.2) is 45.5 Å². The van der Waals surface area contributed by atoms with Gasteiger partial charge in [-0.05, 0) is 55.0 Å². The van der Waals surface area contributed by atoms with Crippen LogP contribution in [0.3, 0.4) is 0 Å². The summed E-state index contributed by atoms with van der Waals surface area (Å²) in [4.78, 5) is 13.2. The summed E-state index contributed by atoms with van der Waals surface area (Å²) in [7, 11) is -3.53. The molecule has 138 valence electrons. The minimum Gasteiger partial charge on any atom is -0.478 e. The molecule has 0 amide bonds. The molecule has 1 saturated heterocycles. The molecule has 3 rings (SSSR count). The molecule has 1 aromatic carbocycles. The Hall–Kier alpha value is -1.61. The minimum absolute atomic E-state index is 0.0924. The van der Waals surface area contributed by atoms with Crippen molar-refractivity contribution in [1.82, 2.24) is 4.31 Å². The van der Waals surface area contributed by atoms with Crippen molar-refractivity contribution in [1.29, 1.82) is 0 Å². The van der Waals surface area contributed by atoms with Crippen molar-refractivity contribution in [3.05, 3.63) is 46.8 Å². The van der Waals surface area contributed by atoms with Crippen molar-refractivity contribution >= 4 is 50.7 Å². The monoisotopic (exact) mass is 409 g/mol. The van der Waals surface area contributed by atoms with Crippen LogP contribution in [-0.4, -0.2) is 43.1 Å². The molecule has 0 unspecified atom stereocenters. The van der Waals surface area contributed by atoms with Crippen LogP contribution in [0.5, 0.6) is 0 Å². The molecule has 8 heteroatoms. The number of thiophene rings is 1. The average molecular weight is 410 g/mol. The molecule has 0 atom stereocenters. The number of sulfonamides is 1. The van der Waals surface area contributed by atoms with Gasteiger partial charge in [0.2, 0.25) is 0 Å². The fraction of sp³-hybridized carbons (Fsp3) is 0.278. The van der Waals surface area contributed by atoms with E-state index in [0.717, 1.165) is 34.6 Å². The van der Waals surface area contributed by atoms with E-state index in [4.69, 9.17) is 0 Å². The van der Waals surface area contributed by atoms with Gasteiger partial charge >= 0.3 is 5.97 Å². The summed E-state index contributed by atoms with van der Waals surface area (Å²) in [5.74, 6) is -1.08. The molecule has 2 aromatic rings. The first-order valence-electron chi connectivity index (χ1n) is 8.11. The number of carboxylic acid groups (broad SMARTS) is 1. The molecule has 1 aliphatic heterocycles. The molecule has 1 aliphatic rings. The molecule has 1 fully saturated rings. The highest BCUT2D eigenvalue weighted by Gasteiger charge is 2.29. The number of nitrogens with zero attached hydrogens (tertiary/aromatic N) is 1. The zero-order valence-electron chi connectivity index (χ0n) is 14.2. The molecule has 0 radical (unpaired) electrons. The minimum atomic E-state index is -3.53. The van der Waals surface area contributed by atoms with E-state index in [9.17, 15) is 18.3 Å². The summed E-state index contributed by atoms with van der Waals surface area (Å²) >= 11 is 2.62. The number of rotatable bonds is 6. The van der Waals surface area contributed by atoms with Gasteiger partial charge in [-0.15, -0.1) is 23.1 Å². The van der Waals surface area contributed by atoms with Crippen LogP contribution in [0.4, 0.5) is 0 Å². The molecule has 26 heavy (non-hydrogen) atoms. The molecule has 2 heterocycles. The Kier molecular flexibility index (Phi) is 5.86. The SMILES string of the molecule is CSc1ccc(C=C(C(=O)O)c2ccc(S(=O)(=O)N3CCCC3)s2)cc1. The van der Waals surface area contributed by atoms with Gasteiger partial charge in [-0.3, -0.25) is 0 Å². The summed E-state index contributed by atoms with van der Waals surface area (Å²) in [6.07, 6.45) is 5.28. The first-order valence-corrected chi connectivity index (χ1v) is 11.6. The van der Waals surface area contributed by atoms with Gasteiger partial charge in [0.1, 0.15) is 4.21 Å². The molecule has 0 bridgehead atoms. The first-order chi connectivity index (χ1) is 12.4. The number of carboxylic acids is 1. The van der Waals surface area contributed by atoms with E-state index in [1.165, 1.54) is 10.4 Å². The lowest BCUT2D eigenvalue weighted by Crippen LogP contribution is -2.27. The maximum atomic E-state index is 12.6. The molecule has 0 spiro atoms. The van der Waals surface area contributed by atoms with Crippen molar-refractivity contribution in [2.45, 2.75) is 21.9 Å². The highest BCUT2D eigenvalue weighted by Crippen LogP contribution is 2.32. The number of thioether (sulfide) groups is 1. The summed E-state index contributed by atoms with van der Waals surface area (Å²) in [6, 6.07) is 10.6. The normalized spacial score (nSPS) is 16.1. The van der Waals surface area contributed by atoms with Gasteiger partial charge in [0.15, 0.2) is 0 Å². The second-order valence-electron chi connectivity index (χ2n) is 5.87. The van der Waals surface area contributed by atoms with Crippen LogP contribution >= 0.6 is 23.1 Å². The van der Waals surface area contributed by atoms with Gasteiger partial charge in [0.05, 0.1) is 5.57 Å². The van der Waals surface area contributed by atoms with Crippen molar-refractivity contribution in [3.63, 3.8) is 0 Å². The lowest BCUT2D eigenvalue weighted by atomic mass is 10.1. The van der Waals surface area contributed by atoms with Crippen LogP contribution in [0.1, 0.15) is 23.3 Å². The zero-order valence-corrected chi connectivity index (χ0v) is 16.7. The zero-order chi connectivity index (χ0) is 18.7. The quantitative estimate of drug-likeness (QED) is 0.579. The number of hydrogen-bond acceptors (Lipinski definition) is 5. The fourth-order valence-electron chi connectivity index (χ4n) is 2.76. The third-order valence-electron chi connectivity index (χ3n) is 4.16. The summed E-state index contributed by atoms with van der Waals surface area (Å²) in [6.45, 7) is 1.05. The largest absolute Gasteiger partial charge is 0.478 e. The van der Waals surface area contributed by atoms with E-state index in [1.54, 1.807) is 23.9 Å². The van der Waals surface area contributed by atoms with E-state index in [0.29, 0.717) is 18.0 Å². The van der Waals surface area contributed by atoms with Gasteiger partial charge in [0.25, 0.3) is 10.0 Å². The van der Waals surface area contributed by atoms with Crippen LogP contribution < -0.4 is 0 Å². The standard InChI is InChI=1S/C18H19NO4S3/c1-24-14-6-4-13(5-7-14)12-15(18(20)21)16-8-9-17(25-16)26(22,23)19-10-2-3-11-19/h4-9,12H,2-3,10-11H2,1H3,(H,20,21). The Labute approximate surface area is 161 Å². The molecule has 1 aromatic heterocycles. The van der Waals surface area contributed by atoms with Crippen LogP contribution in [-0.2, 0) is 14.8 Å². The van der Waals surface area contributed by atoms with Gasteiger partial charge in [-0.1, -0.05) is 12.1 Å². The summed E-state index contributed by atoms with van der Waals surface area (Å²) in [5, 5.41) is 9.59. The van der Waals surface area contributed by atoms with Gasteiger partial charge < -0.3 is 5.11 Å².